The van der Waals surface area contributed by atoms with Crippen molar-refractivity contribution in [1.29, 1.82) is 0 Å². The number of nitrogens with zero attached hydrogens (tertiary/aromatic N) is 4. The van der Waals surface area contributed by atoms with Crippen LogP contribution in [0.2, 0.25) is 0 Å². The highest BCUT2D eigenvalue weighted by Crippen LogP contribution is 2.35. The number of anilines is 1. The first kappa shape index (κ1) is 27.2. The van der Waals surface area contributed by atoms with Gasteiger partial charge in [-0.05, 0) is 47.4 Å². The number of pyridine rings is 2. The molecule has 0 aliphatic rings. The van der Waals surface area contributed by atoms with E-state index in [4.69, 9.17) is 10.5 Å². The van der Waals surface area contributed by atoms with Gasteiger partial charge in [0.15, 0.2) is 0 Å². The Bertz CT molecular complexity index is 1580. The van der Waals surface area contributed by atoms with Crippen molar-refractivity contribution in [2.75, 3.05) is 12.4 Å². The lowest BCUT2D eigenvalue weighted by Gasteiger charge is -2.22. The Morgan fingerprint density at radius 3 is 2.49 bits per heavy atom. The van der Waals surface area contributed by atoms with Crippen LogP contribution in [0, 0.1) is 5.82 Å². The fourth-order valence-electron chi connectivity index (χ4n) is 4.34. The van der Waals surface area contributed by atoms with Crippen molar-refractivity contribution in [3.8, 4) is 16.9 Å². The van der Waals surface area contributed by atoms with E-state index >= 15 is 0 Å². The minimum Gasteiger partial charge on any atom is -0.495 e. The Hall–Kier alpha value is -4.80. The Kier molecular flexibility index (Phi) is 7.89. The summed E-state index contributed by atoms with van der Waals surface area (Å²) in [7, 11) is 3.20. The van der Waals surface area contributed by atoms with Gasteiger partial charge in [-0.1, -0.05) is 19.9 Å². The number of hydrogen-bond donors (Lipinski definition) is 2. The topological polar surface area (TPSA) is 134 Å². The zero-order valence-electron chi connectivity index (χ0n) is 22.0. The number of aromatic nitrogens is 4. The summed E-state index contributed by atoms with van der Waals surface area (Å²) >= 11 is 0. The third-order valence-electron chi connectivity index (χ3n) is 6.28. The minimum absolute atomic E-state index is 0.0488. The second kappa shape index (κ2) is 11.3. The molecule has 0 aliphatic heterocycles. The van der Waals surface area contributed by atoms with E-state index in [1.54, 1.807) is 30.1 Å². The summed E-state index contributed by atoms with van der Waals surface area (Å²) in [5, 5.41) is 7.10. The fraction of sp³-hybridized carbons (Fsp3) is 0.250. The van der Waals surface area contributed by atoms with E-state index in [2.05, 4.69) is 15.4 Å². The van der Waals surface area contributed by atoms with Gasteiger partial charge in [0.2, 0.25) is 5.91 Å². The number of carbonyl (C=O) groups excluding carboxylic acids is 2. The minimum atomic E-state index is -1.02. The molecule has 0 radical (unpaired) electrons. The number of amides is 2. The van der Waals surface area contributed by atoms with Gasteiger partial charge < -0.3 is 15.8 Å². The summed E-state index contributed by atoms with van der Waals surface area (Å²) in [4.78, 5) is 42.3. The summed E-state index contributed by atoms with van der Waals surface area (Å²) in [6.45, 7) is 3.95. The van der Waals surface area contributed by atoms with Crippen LogP contribution in [-0.4, -0.2) is 38.3 Å². The Morgan fingerprint density at radius 2 is 1.90 bits per heavy atom. The third kappa shape index (κ3) is 6.03. The van der Waals surface area contributed by atoms with E-state index in [0.717, 1.165) is 5.56 Å². The van der Waals surface area contributed by atoms with E-state index in [9.17, 15) is 18.8 Å². The van der Waals surface area contributed by atoms with Crippen molar-refractivity contribution < 1.29 is 18.7 Å². The first-order chi connectivity index (χ1) is 18.6. The molecule has 0 spiro atoms. The molecule has 10 nitrogen and oxygen atoms in total. The maximum atomic E-state index is 14.2. The highest BCUT2D eigenvalue weighted by atomic mass is 19.1. The monoisotopic (exact) mass is 532 g/mol. The molecule has 202 valence electrons. The lowest BCUT2D eigenvalue weighted by molar-refractivity contribution is -0.119. The van der Waals surface area contributed by atoms with Gasteiger partial charge in [-0.15, -0.1) is 0 Å². The van der Waals surface area contributed by atoms with Gasteiger partial charge in [0.25, 0.3) is 11.5 Å². The second-order valence-electron chi connectivity index (χ2n) is 9.37. The van der Waals surface area contributed by atoms with Crippen molar-refractivity contribution in [2.45, 2.75) is 32.2 Å². The molecule has 1 unspecified atom stereocenters. The summed E-state index contributed by atoms with van der Waals surface area (Å²) in [6, 6.07) is 9.40. The second-order valence-corrected chi connectivity index (χ2v) is 9.37. The van der Waals surface area contributed by atoms with Crippen LogP contribution in [0.5, 0.6) is 5.75 Å². The van der Waals surface area contributed by atoms with Crippen LogP contribution in [0.4, 0.5) is 10.1 Å². The molecule has 0 bridgehead atoms. The zero-order valence-corrected chi connectivity index (χ0v) is 22.0. The van der Waals surface area contributed by atoms with Crippen LogP contribution in [0.25, 0.3) is 11.1 Å². The number of rotatable bonds is 9. The maximum Gasteiger partial charge on any atom is 0.267 e. The maximum absolute atomic E-state index is 14.2. The zero-order chi connectivity index (χ0) is 28.3. The number of nitrogens with two attached hydrogens (primary N) is 1. The Morgan fingerprint density at radius 1 is 1.13 bits per heavy atom. The van der Waals surface area contributed by atoms with Crippen molar-refractivity contribution in [2.24, 2.45) is 12.8 Å². The van der Waals surface area contributed by atoms with Crippen LogP contribution in [0.15, 0.2) is 65.8 Å². The Balaban J connectivity index is 1.78. The summed E-state index contributed by atoms with van der Waals surface area (Å²) in [5.41, 5.74) is 7.51. The first-order valence-electron chi connectivity index (χ1n) is 12.2. The number of primary amides is 1. The number of nitrogens with one attached hydrogen (secondary N) is 1. The van der Waals surface area contributed by atoms with E-state index < -0.39 is 29.2 Å². The number of methoxy groups -OCH3 is 1. The molecule has 39 heavy (non-hydrogen) atoms. The van der Waals surface area contributed by atoms with Crippen molar-refractivity contribution in [3.05, 3.63) is 94.2 Å². The van der Waals surface area contributed by atoms with Gasteiger partial charge >= 0.3 is 0 Å². The molecule has 2 amide bonds. The number of ether oxygens (including phenoxy) is 1. The summed E-state index contributed by atoms with van der Waals surface area (Å²) < 4.78 is 22.7. The number of halogens is 1. The predicted molar refractivity (Wildman–Crippen MR) is 144 cm³/mol. The van der Waals surface area contributed by atoms with Gasteiger partial charge in [-0.25, -0.2) is 9.37 Å². The normalized spacial score (nSPS) is 11.8. The third-order valence-corrected chi connectivity index (χ3v) is 6.28. The van der Waals surface area contributed by atoms with E-state index in [1.165, 1.54) is 54.4 Å². The molecule has 11 heteroatoms. The smallest absolute Gasteiger partial charge is 0.267 e. The number of aryl methyl sites for hydroxylation is 1. The molecule has 1 atom stereocenters. The largest absolute Gasteiger partial charge is 0.495 e. The van der Waals surface area contributed by atoms with Crippen LogP contribution < -0.4 is 21.3 Å². The molecular weight excluding hydrogens is 503 g/mol. The molecule has 0 fully saturated rings. The van der Waals surface area contributed by atoms with Crippen LogP contribution in [-0.2, 0) is 18.3 Å². The fourth-order valence-corrected chi connectivity index (χ4v) is 4.34. The molecule has 3 heterocycles. The van der Waals surface area contributed by atoms with Crippen LogP contribution >= 0.6 is 0 Å². The van der Waals surface area contributed by atoms with E-state index in [1.807, 2.05) is 13.8 Å². The number of hydrogen-bond acceptors (Lipinski definition) is 6. The average Bonchev–Trinajstić information content (AvgIpc) is 3.31. The average molecular weight is 533 g/mol. The van der Waals surface area contributed by atoms with Crippen molar-refractivity contribution >= 4 is 17.5 Å². The first-order valence-corrected chi connectivity index (χ1v) is 12.2. The van der Waals surface area contributed by atoms with Gasteiger partial charge in [-0.3, -0.25) is 23.6 Å². The molecule has 0 saturated heterocycles. The van der Waals surface area contributed by atoms with Gasteiger partial charge in [0.1, 0.15) is 23.3 Å². The molecule has 1 aromatic carbocycles. The quantitative estimate of drug-likeness (QED) is 0.339. The standard InChI is InChI=1S/C28H29FN6O4/c1-16(2)20-7-5-17(29)11-21(20)22-13-26(36)35(15-25(22)39-4)24(12-18-9-10-34(3)33-18)28(38)32-19-6-8-23(27(30)37)31-14-19/h5-11,13-16,24H,12H2,1-4H3,(H2,30,37)(H,32,38). The van der Waals surface area contributed by atoms with Gasteiger partial charge in [0.05, 0.1) is 30.9 Å². The van der Waals surface area contributed by atoms with Crippen molar-refractivity contribution in [3.63, 3.8) is 0 Å². The van der Waals surface area contributed by atoms with Gasteiger partial charge in [0, 0.05) is 31.3 Å². The molecule has 3 aromatic heterocycles. The van der Waals surface area contributed by atoms with E-state index in [-0.39, 0.29) is 18.0 Å². The summed E-state index contributed by atoms with van der Waals surface area (Å²) in [6.07, 6.45) is 4.59. The molecule has 3 N–H and O–H groups in total. The molecule has 0 aliphatic carbocycles. The lowest BCUT2D eigenvalue weighted by atomic mass is 9.92. The number of carbonyl (C=O) groups is 2. The van der Waals surface area contributed by atoms with Gasteiger partial charge in [-0.2, -0.15) is 5.10 Å². The predicted octanol–water partition coefficient (Wildman–Crippen LogP) is 3.44. The summed E-state index contributed by atoms with van der Waals surface area (Å²) in [5.74, 6) is -1.29. The van der Waals surface area contributed by atoms with Crippen LogP contribution in [0.3, 0.4) is 0 Å². The molecule has 4 aromatic rings. The Labute approximate surface area is 224 Å². The SMILES string of the molecule is COc1cn(C(Cc2ccn(C)n2)C(=O)Nc2ccc(C(N)=O)nc2)c(=O)cc1-c1cc(F)ccc1C(C)C. The molecule has 4 rings (SSSR count). The van der Waals surface area contributed by atoms with E-state index in [0.29, 0.717) is 28.3 Å². The van der Waals surface area contributed by atoms with Crippen LogP contribution in [0.1, 0.15) is 47.6 Å². The highest BCUT2D eigenvalue weighted by molar-refractivity contribution is 5.95. The molecule has 0 saturated carbocycles. The number of benzene rings is 1. The highest BCUT2D eigenvalue weighted by Gasteiger charge is 2.26. The van der Waals surface area contributed by atoms with Crippen molar-refractivity contribution in [1.82, 2.24) is 19.3 Å². The lowest BCUT2D eigenvalue weighted by Crippen LogP contribution is -2.34. The molecular formula is C28H29FN6O4.